The topological polar surface area (TPSA) is 46.5 Å². The van der Waals surface area contributed by atoms with Crippen molar-refractivity contribution in [1.82, 2.24) is 0 Å². The SMILES string of the molecule is C1=CC=COC=C1.CC(=O)O. The second-order valence-corrected chi connectivity index (χ2v) is 1.70. The maximum atomic E-state index is 9.00. The van der Waals surface area contributed by atoms with E-state index in [-0.39, 0.29) is 0 Å². The van der Waals surface area contributed by atoms with Gasteiger partial charge in [0.25, 0.3) is 5.97 Å². The Morgan fingerprint density at radius 1 is 1.18 bits per heavy atom. The molecule has 0 saturated carbocycles. The Morgan fingerprint density at radius 3 is 1.91 bits per heavy atom. The third-order valence-electron chi connectivity index (χ3n) is 0.648. The van der Waals surface area contributed by atoms with E-state index < -0.39 is 5.97 Å². The van der Waals surface area contributed by atoms with E-state index in [1.807, 2.05) is 24.3 Å². The Hall–Kier alpha value is -1.51. The van der Waals surface area contributed by atoms with Gasteiger partial charge < -0.3 is 9.84 Å². The van der Waals surface area contributed by atoms with Crippen molar-refractivity contribution in [3.63, 3.8) is 0 Å². The molecule has 0 unspecified atom stereocenters. The highest BCUT2D eigenvalue weighted by atomic mass is 16.5. The van der Waals surface area contributed by atoms with Gasteiger partial charge in [-0.15, -0.1) is 0 Å². The number of carboxylic acid groups (broad SMARTS) is 1. The molecule has 1 aliphatic rings. The number of hydrogen-bond acceptors (Lipinski definition) is 2. The van der Waals surface area contributed by atoms with E-state index in [9.17, 15) is 0 Å². The molecule has 0 aromatic carbocycles. The lowest BCUT2D eigenvalue weighted by Gasteiger charge is -1.79. The van der Waals surface area contributed by atoms with E-state index in [2.05, 4.69) is 0 Å². The first-order valence-corrected chi connectivity index (χ1v) is 3.07. The molecule has 3 nitrogen and oxygen atoms in total. The zero-order chi connectivity index (χ0) is 8.53. The predicted molar refractivity (Wildman–Crippen MR) is 41.8 cm³/mol. The van der Waals surface area contributed by atoms with E-state index in [0.717, 1.165) is 6.92 Å². The highest BCUT2D eigenvalue weighted by Crippen LogP contribution is 1.88. The van der Waals surface area contributed by atoms with Crippen LogP contribution in [0.1, 0.15) is 6.92 Å². The molecule has 3 heteroatoms. The fraction of sp³-hybridized carbons (Fsp3) is 0.125. The van der Waals surface area contributed by atoms with E-state index >= 15 is 0 Å². The molecule has 0 aliphatic carbocycles. The number of hydrogen-bond donors (Lipinski definition) is 1. The molecule has 1 N–H and O–H groups in total. The molecule has 11 heavy (non-hydrogen) atoms. The van der Waals surface area contributed by atoms with Gasteiger partial charge in [0, 0.05) is 6.92 Å². The molecule has 1 heterocycles. The zero-order valence-corrected chi connectivity index (χ0v) is 6.23. The molecule has 1 rings (SSSR count). The summed E-state index contributed by atoms with van der Waals surface area (Å²) in [6.45, 7) is 1.08. The van der Waals surface area contributed by atoms with Crippen LogP contribution in [0.3, 0.4) is 0 Å². The van der Waals surface area contributed by atoms with Gasteiger partial charge in [0.15, 0.2) is 0 Å². The Bertz CT molecular complexity index is 172. The second-order valence-electron chi connectivity index (χ2n) is 1.70. The average Bonchev–Trinajstić information content (AvgIpc) is 2.13. The molecule has 0 atom stereocenters. The molecular formula is C8H10O3. The Kier molecular flexibility index (Phi) is 5.70. The number of aliphatic carboxylic acids is 1. The van der Waals surface area contributed by atoms with Crippen LogP contribution in [0.15, 0.2) is 36.8 Å². The zero-order valence-electron chi connectivity index (χ0n) is 6.23. The van der Waals surface area contributed by atoms with Crippen LogP contribution in [-0.4, -0.2) is 11.1 Å². The largest absolute Gasteiger partial charge is 0.481 e. The summed E-state index contributed by atoms with van der Waals surface area (Å²) in [4.78, 5) is 9.00. The minimum atomic E-state index is -0.833. The average molecular weight is 154 g/mol. The third kappa shape index (κ3) is 11.9. The van der Waals surface area contributed by atoms with Crippen molar-refractivity contribution in [3.05, 3.63) is 36.8 Å². The normalized spacial score (nSPS) is 12.5. The molecule has 0 bridgehead atoms. The van der Waals surface area contributed by atoms with Crippen LogP contribution in [0.4, 0.5) is 0 Å². The third-order valence-corrected chi connectivity index (χ3v) is 0.648. The van der Waals surface area contributed by atoms with Gasteiger partial charge in [-0.25, -0.2) is 0 Å². The lowest BCUT2D eigenvalue weighted by molar-refractivity contribution is -0.134. The van der Waals surface area contributed by atoms with Crippen LogP contribution >= 0.6 is 0 Å². The molecule has 0 saturated heterocycles. The molecule has 0 fully saturated rings. The molecule has 0 aromatic rings. The van der Waals surface area contributed by atoms with E-state index in [1.54, 1.807) is 12.5 Å². The molecule has 0 aromatic heterocycles. The lowest BCUT2D eigenvalue weighted by atomic mass is 10.5. The molecule has 0 radical (unpaired) electrons. The van der Waals surface area contributed by atoms with Crippen LogP contribution < -0.4 is 0 Å². The first-order chi connectivity index (χ1) is 5.23. The first-order valence-electron chi connectivity index (χ1n) is 3.07. The van der Waals surface area contributed by atoms with Gasteiger partial charge in [-0.1, -0.05) is 12.2 Å². The second kappa shape index (κ2) is 6.61. The molecule has 0 amide bonds. The highest BCUT2D eigenvalue weighted by Gasteiger charge is 1.69. The Morgan fingerprint density at radius 2 is 1.55 bits per heavy atom. The van der Waals surface area contributed by atoms with Crippen molar-refractivity contribution in [2.45, 2.75) is 6.92 Å². The summed E-state index contributed by atoms with van der Waals surface area (Å²) in [5, 5.41) is 7.42. The van der Waals surface area contributed by atoms with E-state index in [4.69, 9.17) is 14.6 Å². The van der Waals surface area contributed by atoms with Crippen molar-refractivity contribution >= 4 is 5.97 Å². The standard InChI is InChI=1S/C6H6O.C2H4O2/c1-2-4-6-7-5-3-1;1-2(3)4/h1-6H;1H3,(H,3,4). The highest BCUT2D eigenvalue weighted by molar-refractivity contribution is 5.62. The summed E-state index contributed by atoms with van der Waals surface area (Å²) in [7, 11) is 0. The quantitative estimate of drug-likeness (QED) is 0.577. The van der Waals surface area contributed by atoms with Crippen LogP contribution in [-0.2, 0) is 9.53 Å². The number of ether oxygens (including phenoxy) is 1. The van der Waals surface area contributed by atoms with Gasteiger partial charge in [-0.2, -0.15) is 0 Å². The maximum absolute atomic E-state index is 9.00. The van der Waals surface area contributed by atoms with Gasteiger partial charge >= 0.3 is 0 Å². The molecule has 60 valence electrons. The van der Waals surface area contributed by atoms with E-state index in [1.165, 1.54) is 0 Å². The van der Waals surface area contributed by atoms with Gasteiger partial charge in [0.05, 0.1) is 12.5 Å². The summed E-state index contributed by atoms with van der Waals surface area (Å²) in [5.41, 5.74) is 0. The number of rotatable bonds is 0. The predicted octanol–water partition coefficient (Wildman–Crippen LogP) is 1.69. The fourth-order valence-electron chi connectivity index (χ4n) is 0.355. The lowest BCUT2D eigenvalue weighted by Crippen LogP contribution is -1.78. The summed E-state index contributed by atoms with van der Waals surface area (Å²) in [6.07, 6.45) is 10.7. The fourth-order valence-corrected chi connectivity index (χ4v) is 0.355. The van der Waals surface area contributed by atoms with Crippen molar-refractivity contribution in [3.8, 4) is 0 Å². The molecule has 1 aliphatic heterocycles. The maximum Gasteiger partial charge on any atom is 0.300 e. The number of carboxylic acids is 1. The number of allylic oxidation sites excluding steroid dienone is 4. The summed E-state index contributed by atoms with van der Waals surface area (Å²) in [5.74, 6) is -0.833. The van der Waals surface area contributed by atoms with Gasteiger partial charge in [0.1, 0.15) is 0 Å². The van der Waals surface area contributed by atoms with Crippen molar-refractivity contribution in [2.75, 3.05) is 0 Å². The first kappa shape index (κ1) is 9.49. The van der Waals surface area contributed by atoms with Crippen molar-refractivity contribution in [2.24, 2.45) is 0 Å². The van der Waals surface area contributed by atoms with Crippen molar-refractivity contribution in [1.29, 1.82) is 0 Å². The minimum Gasteiger partial charge on any atom is -0.481 e. The van der Waals surface area contributed by atoms with Gasteiger partial charge in [-0.3, -0.25) is 4.79 Å². The van der Waals surface area contributed by atoms with Crippen LogP contribution in [0.5, 0.6) is 0 Å². The monoisotopic (exact) mass is 154 g/mol. The molecule has 0 spiro atoms. The summed E-state index contributed by atoms with van der Waals surface area (Å²) < 4.78 is 4.77. The van der Waals surface area contributed by atoms with E-state index in [0.29, 0.717) is 0 Å². The van der Waals surface area contributed by atoms with Crippen LogP contribution in [0, 0.1) is 0 Å². The van der Waals surface area contributed by atoms with Crippen LogP contribution in [0.25, 0.3) is 0 Å². The Labute approximate surface area is 65.3 Å². The molecular weight excluding hydrogens is 144 g/mol. The number of carbonyl (C=O) groups is 1. The van der Waals surface area contributed by atoms with Crippen LogP contribution in [0.2, 0.25) is 0 Å². The van der Waals surface area contributed by atoms with Gasteiger partial charge in [0.2, 0.25) is 0 Å². The van der Waals surface area contributed by atoms with Crippen molar-refractivity contribution < 1.29 is 14.6 Å². The summed E-state index contributed by atoms with van der Waals surface area (Å²) >= 11 is 0. The summed E-state index contributed by atoms with van der Waals surface area (Å²) in [6, 6.07) is 0. The van der Waals surface area contributed by atoms with Gasteiger partial charge in [-0.05, 0) is 12.2 Å². The Balaban J connectivity index is 0.000000218. The minimum absolute atomic E-state index is 0.833. The smallest absolute Gasteiger partial charge is 0.300 e.